The SMILES string of the molecule is C[C@@H](Sc1nnc(C2CC2)n1C1CC1)C(=O)c1ccc(NC(=O)C(C)(C)C)cc1. The van der Waals surface area contributed by atoms with Crippen LogP contribution in [0.1, 0.15) is 81.5 Å². The molecule has 0 aliphatic heterocycles. The van der Waals surface area contributed by atoms with E-state index in [-0.39, 0.29) is 16.9 Å². The third kappa shape index (κ3) is 4.55. The van der Waals surface area contributed by atoms with Gasteiger partial charge in [0.2, 0.25) is 5.91 Å². The first-order valence-electron chi connectivity index (χ1n) is 10.3. The van der Waals surface area contributed by atoms with Gasteiger partial charge in [0.05, 0.1) is 5.25 Å². The topological polar surface area (TPSA) is 76.9 Å². The molecule has 0 spiro atoms. The highest BCUT2D eigenvalue weighted by Crippen LogP contribution is 2.46. The number of nitrogens with zero attached hydrogens (tertiary/aromatic N) is 3. The minimum Gasteiger partial charge on any atom is -0.326 e. The number of hydrogen-bond acceptors (Lipinski definition) is 5. The van der Waals surface area contributed by atoms with Gasteiger partial charge in [-0.25, -0.2) is 0 Å². The average Bonchev–Trinajstić information content (AvgIpc) is 3.60. The molecule has 6 nitrogen and oxygen atoms in total. The summed E-state index contributed by atoms with van der Waals surface area (Å²) in [5, 5.41) is 12.3. The molecular formula is C22H28N4O2S. The second kappa shape index (κ2) is 7.59. The molecule has 0 saturated heterocycles. The number of Topliss-reactive ketones (excluding diaryl/α,β-unsaturated/α-hetero) is 1. The van der Waals surface area contributed by atoms with Crippen LogP contribution in [0.2, 0.25) is 0 Å². The second-order valence-corrected chi connectivity index (χ2v) is 10.4. The van der Waals surface area contributed by atoms with E-state index in [0.717, 1.165) is 11.0 Å². The fourth-order valence-electron chi connectivity index (χ4n) is 3.15. The first-order valence-corrected chi connectivity index (χ1v) is 11.2. The van der Waals surface area contributed by atoms with Crippen LogP contribution in [0, 0.1) is 5.41 Å². The molecule has 1 N–H and O–H groups in total. The van der Waals surface area contributed by atoms with Gasteiger partial charge in [0.1, 0.15) is 5.82 Å². The van der Waals surface area contributed by atoms with Crippen LogP contribution in [0.15, 0.2) is 29.4 Å². The van der Waals surface area contributed by atoms with Crippen LogP contribution < -0.4 is 5.32 Å². The number of carbonyl (C=O) groups excluding carboxylic acids is 2. The summed E-state index contributed by atoms with van der Waals surface area (Å²) in [4.78, 5) is 25.0. The molecule has 29 heavy (non-hydrogen) atoms. The molecule has 1 aromatic heterocycles. The summed E-state index contributed by atoms with van der Waals surface area (Å²) < 4.78 is 2.28. The maximum Gasteiger partial charge on any atom is 0.229 e. The van der Waals surface area contributed by atoms with Gasteiger partial charge in [0, 0.05) is 28.6 Å². The predicted octanol–water partition coefficient (Wildman–Crippen LogP) is 4.84. The lowest BCUT2D eigenvalue weighted by atomic mass is 9.95. The van der Waals surface area contributed by atoms with E-state index in [1.54, 1.807) is 24.3 Å². The normalized spacial score (nSPS) is 17.8. The number of benzene rings is 1. The Bertz CT molecular complexity index is 921. The van der Waals surface area contributed by atoms with Gasteiger partial charge < -0.3 is 9.88 Å². The fraction of sp³-hybridized carbons (Fsp3) is 0.545. The van der Waals surface area contributed by atoms with Crippen molar-refractivity contribution >= 4 is 29.1 Å². The van der Waals surface area contributed by atoms with Crippen molar-refractivity contribution in [1.82, 2.24) is 14.8 Å². The summed E-state index contributed by atoms with van der Waals surface area (Å²) >= 11 is 1.50. The van der Waals surface area contributed by atoms with E-state index in [9.17, 15) is 9.59 Å². The van der Waals surface area contributed by atoms with Crippen LogP contribution >= 0.6 is 11.8 Å². The Morgan fingerprint density at radius 1 is 1.10 bits per heavy atom. The molecule has 1 atom stereocenters. The van der Waals surface area contributed by atoms with E-state index < -0.39 is 5.41 Å². The summed E-state index contributed by atoms with van der Waals surface area (Å²) in [7, 11) is 0. The van der Waals surface area contributed by atoms with Gasteiger partial charge in [0.15, 0.2) is 10.9 Å². The van der Waals surface area contributed by atoms with Crippen molar-refractivity contribution in [1.29, 1.82) is 0 Å². The van der Waals surface area contributed by atoms with E-state index in [2.05, 4.69) is 20.1 Å². The number of ketones is 1. The Labute approximate surface area is 175 Å². The Morgan fingerprint density at radius 2 is 1.76 bits per heavy atom. The molecule has 2 saturated carbocycles. The van der Waals surface area contributed by atoms with Crippen molar-refractivity contribution in [2.75, 3.05) is 5.32 Å². The number of hydrogen-bond donors (Lipinski definition) is 1. The van der Waals surface area contributed by atoms with Gasteiger partial charge in [-0.1, -0.05) is 32.5 Å². The summed E-state index contributed by atoms with van der Waals surface area (Å²) in [6.45, 7) is 7.53. The zero-order chi connectivity index (χ0) is 20.8. The smallest absolute Gasteiger partial charge is 0.229 e. The van der Waals surface area contributed by atoms with Gasteiger partial charge >= 0.3 is 0 Å². The summed E-state index contributed by atoms with van der Waals surface area (Å²) in [5.41, 5.74) is 0.874. The second-order valence-electron chi connectivity index (χ2n) is 9.12. The van der Waals surface area contributed by atoms with Crippen molar-refractivity contribution in [3.63, 3.8) is 0 Å². The first kappa shape index (κ1) is 20.1. The van der Waals surface area contributed by atoms with E-state index in [0.29, 0.717) is 23.2 Å². The Hall–Kier alpha value is -2.15. The predicted molar refractivity (Wildman–Crippen MR) is 114 cm³/mol. The minimum absolute atomic E-state index is 0.0496. The third-order valence-electron chi connectivity index (χ3n) is 5.31. The number of rotatable bonds is 7. The van der Waals surface area contributed by atoms with E-state index >= 15 is 0 Å². The zero-order valence-electron chi connectivity index (χ0n) is 17.4. The van der Waals surface area contributed by atoms with Gasteiger partial charge in [-0.05, 0) is 56.9 Å². The Balaban J connectivity index is 1.43. The van der Waals surface area contributed by atoms with Gasteiger partial charge in [-0.2, -0.15) is 0 Å². The highest BCUT2D eigenvalue weighted by atomic mass is 32.2. The zero-order valence-corrected chi connectivity index (χ0v) is 18.3. The van der Waals surface area contributed by atoms with Crippen molar-refractivity contribution in [3.05, 3.63) is 35.7 Å². The maximum atomic E-state index is 12.9. The Morgan fingerprint density at radius 3 is 2.31 bits per heavy atom. The molecule has 0 radical (unpaired) electrons. The van der Waals surface area contributed by atoms with Gasteiger partial charge in [-0.15, -0.1) is 10.2 Å². The molecule has 0 unspecified atom stereocenters. The van der Waals surface area contributed by atoms with Gasteiger partial charge in [-0.3, -0.25) is 9.59 Å². The van der Waals surface area contributed by atoms with Crippen LogP contribution in [-0.4, -0.2) is 31.7 Å². The molecule has 1 aromatic carbocycles. The quantitative estimate of drug-likeness (QED) is 0.520. The third-order valence-corrected chi connectivity index (χ3v) is 6.36. The largest absolute Gasteiger partial charge is 0.326 e. The lowest BCUT2D eigenvalue weighted by molar-refractivity contribution is -0.123. The van der Waals surface area contributed by atoms with Crippen LogP contribution in [0.5, 0.6) is 0 Å². The number of nitrogens with one attached hydrogen (secondary N) is 1. The van der Waals surface area contributed by atoms with E-state index in [1.165, 1.54) is 37.4 Å². The molecule has 2 aliphatic rings. The molecule has 7 heteroatoms. The Kier molecular flexibility index (Phi) is 5.27. The van der Waals surface area contributed by atoms with Crippen LogP contribution in [0.25, 0.3) is 0 Å². The summed E-state index contributed by atoms with van der Waals surface area (Å²) in [6.07, 6.45) is 4.75. The van der Waals surface area contributed by atoms with Gasteiger partial charge in [0.25, 0.3) is 0 Å². The van der Waals surface area contributed by atoms with E-state index in [4.69, 9.17) is 0 Å². The van der Waals surface area contributed by atoms with Crippen molar-refractivity contribution in [2.24, 2.45) is 5.41 Å². The average molecular weight is 413 g/mol. The molecule has 2 aliphatic carbocycles. The van der Waals surface area contributed by atoms with E-state index in [1.807, 2.05) is 27.7 Å². The number of carbonyl (C=O) groups is 2. The number of amides is 1. The standard InChI is InChI=1S/C22H28N4O2S/c1-13(29-21-25-24-19(15-5-6-15)26(21)17-11-12-17)18(27)14-7-9-16(10-8-14)23-20(28)22(2,3)4/h7-10,13,15,17H,5-6,11-12H2,1-4H3,(H,23,28)/t13-/m1/s1. The molecular weight excluding hydrogens is 384 g/mol. The first-order chi connectivity index (χ1) is 13.7. The highest BCUT2D eigenvalue weighted by Gasteiger charge is 2.37. The summed E-state index contributed by atoms with van der Waals surface area (Å²) in [5.74, 6) is 1.67. The monoisotopic (exact) mass is 412 g/mol. The number of anilines is 1. The highest BCUT2D eigenvalue weighted by molar-refractivity contribution is 8.00. The lowest BCUT2D eigenvalue weighted by Crippen LogP contribution is -2.27. The van der Waals surface area contributed by atoms with Crippen LogP contribution in [0.4, 0.5) is 5.69 Å². The molecule has 0 bridgehead atoms. The maximum absolute atomic E-state index is 12.9. The van der Waals surface area contributed by atoms with Crippen LogP contribution in [-0.2, 0) is 4.79 Å². The van der Waals surface area contributed by atoms with Crippen molar-refractivity contribution < 1.29 is 9.59 Å². The number of thioether (sulfide) groups is 1. The number of aromatic nitrogens is 3. The molecule has 4 rings (SSSR count). The summed E-state index contributed by atoms with van der Waals surface area (Å²) in [6, 6.07) is 7.63. The molecule has 1 heterocycles. The molecule has 1 amide bonds. The van der Waals surface area contributed by atoms with Crippen molar-refractivity contribution in [3.8, 4) is 0 Å². The molecule has 154 valence electrons. The van der Waals surface area contributed by atoms with Crippen LogP contribution in [0.3, 0.4) is 0 Å². The molecule has 2 fully saturated rings. The minimum atomic E-state index is -0.462. The molecule has 2 aromatic rings. The van der Waals surface area contributed by atoms with Crippen molar-refractivity contribution in [2.45, 2.75) is 75.7 Å². The lowest BCUT2D eigenvalue weighted by Gasteiger charge is -2.18. The fourth-order valence-corrected chi connectivity index (χ4v) is 4.15.